The normalized spacial score (nSPS) is 19.9. The van der Waals surface area contributed by atoms with Crippen molar-refractivity contribution in [1.29, 1.82) is 0 Å². The van der Waals surface area contributed by atoms with E-state index in [0.717, 1.165) is 13.0 Å². The summed E-state index contributed by atoms with van der Waals surface area (Å²) in [6.07, 6.45) is 8.57. The molecule has 12 heavy (non-hydrogen) atoms. The van der Waals surface area contributed by atoms with Gasteiger partial charge >= 0.3 is 0 Å². The van der Waals surface area contributed by atoms with E-state index in [2.05, 4.69) is 5.92 Å². The zero-order valence-electron chi connectivity index (χ0n) is 6.99. The van der Waals surface area contributed by atoms with Gasteiger partial charge in [0.15, 0.2) is 6.55 Å². The Morgan fingerprint density at radius 2 is 2.00 bits per heavy atom. The molecule has 4 heteroatoms. The third-order valence-corrected chi connectivity index (χ3v) is 8.02. The maximum atomic E-state index is 5.65. The van der Waals surface area contributed by atoms with Crippen LogP contribution in [0.3, 0.4) is 0 Å². The van der Waals surface area contributed by atoms with Gasteiger partial charge in [0.1, 0.15) is 0 Å². The first-order chi connectivity index (χ1) is 5.93. The molecule has 0 aromatic heterocycles. The second-order valence-electron chi connectivity index (χ2n) is 2.38. The van der Waals surface area contributed by atoms with Crippen LogP contribution in [0.1, 0.15) is 19.3 Å². The molecule has 0 unspecified atom stereocenters. The fraction of sp³-hybridized carbons (Fsp3) is 0.750. The van der Waals surface area contributed by atoms with Crippen molar-refractivity contribution in [2.75, 3.05) is 18.1 Å². The van der Waals surface area contributed by atoms with E-state index in [-0.39, 0.29) is 6.55 Å². The largest absolute Gasteiger partial charge is 0.338 e. The summed E-state index contributed by atoms with van der Waals surface area (Å²) in [6.45, 7) is 0.466. The molecule has 1 heterocycles. The number of hydrogen-bond acceptors (Lipinski definition) is 3. The van der Waals surface area contributed by atoms with E-state index in [1.54, 1.807) is 0 Å². The van der Waals surface area contributed by atoms with Gasteiger partial charge in [0.2, 0.25) is 0 Å². The Morgan fingerprint density at radius 1 is 1.33 bits per heavy atom. The zero-order valence-corrected chi connectivity index (χ0v) is 9.52. The van der Waals surface area contributed by atoms with Crippen LogP contribution < -0.4 is 0 Å². The fourth-order valence-corrected chi connectivity index (χ4v) is 7.00. The molecule has 1 rings (SSSR count). The van der Waals surface area contributed by atoms with Gasteiger partial charge in [-0.15, -0.1) is 12.3 Å². The Hall–Kier alpha value is 0.650. The van der Waals surface area contributed by atoms with Crippen LogP contribution in [-0.4, -0.2) is 18.1 Å². The Morgan fingerprint density at radius 3 is 2.58 bits per heavy atom. The van der Waals surface area contributed by atoms with Crippen LogP contribution >= 0.6 is 29.3 Å². The zero-order chi connectivity index (χ0) is 8.65. The summed E-state index contributed by atoms with van der Waals surface area (Å²) in [6, 6.07) is 0. The van der Waals surface area contributed by atoms with E-state index < -0.39 is 0 Å². The smallest absolute Gasteiger partial charge is 0.151 e. The van der Waals surface area contributed by atoms with Crippen LogP contribution in [0.15, 0.2) is 0 Å². The van der Waals surface area contributed by atoms with E-state index in [0.29, 0.717) is 0 Å². The van der Waals surface area contributed by atoms with Crippen molar-refractivity contribution in [3.63, 3.8) is 0 Å². The lowest BCUT2D eigenvalue weighted by molar-refractivity contribution is 0.379. The lowest BCUT2D eigenvalue weighted by atomic mass is 10.4. The molecule has 1 nitrogen and oxygen atoms in total. The van der Waals surface area contributed by atoms with Gasteiger partial charge in [0.05, 0.1) is 6.61 Å². The van der Waals surface area contributed by atoms with Crippen LogP contribution in [0, 0.1) is 12.3 Å². The van der Waals surface area contributed by atoms with Gasteiger partial charge in [-0.05, 0) is 12.8 Å². The summed E-state index contributed by atoms with van der Waals surface area (Å²) in [5, 5.41) is 0. The van der Waals surface area contributed by atoms with E-state index in [1.165, 1.54) is 24.3 Å². The van der Waals surface area contributed by atoms with E-state index in [1.807, 2.05) is 22.8 Å². The van der Waals surface area contributed by atoms with Crippen molar-refractivity contribution in [3.8, 4) is 12.3 Å². The van der Waals surface area contributed by atoms with Crippen molar-refractivity contribution >= 4 is 29.3 Å². The molecule has 0 spiro atoms. The molecule has 1 saturated heterocycles. The van der Waals surface area contributed by atoms with Gasteiger partial charge < -0.3 is 4.52 Å². The molecule has 0 bridgehead atoms. The predicted molar refractivity (Wildman–Crippen MR) is 60.5 cm³/mol. The van der Waals surface area contributed by atoms with Crippen LogP contribution in [-0.2, 0) is 4.52 Å². The first kappa shape index (κ1) is 10.7. The molecule has 0 saturated carbocycles. The van der Waals surface area contributed by atoms with Gasteiger partial charge in [0, 0.05) is 17.9 Å². The first-order valence-corrected chi connectivity index (χ1v) is 8.50. The molecule has 0 aliphatic carbocycles. The highest BCUT2D eigenvalue weighted by atomic mass is 33.1. The lowest BCUT2D eigenvalue weighted by Gasteiger charge is -2.11. The second kappa shape index (κ2) is 7.09. The molecule has 1 fully saturated rings. The Bertz CT molecular complexity index is 150. The van der Waals surface area contributed by atoms with Gasteiger partial charge in [-0.2, -0.15) is 0 Å². The van der Waals surface area contributed by atoms with Gasteiger partial charge in [-0.1, -0.05) is 22.8 Å². The fourth-order valence-electron chi connectivity index (χ4n) is 0.773. The third kappa shape index (κ3) is 4.62. The van der Waals surface area contributed by atoms with Crippen molar-refractivity contribution in [2.45, 2.75) is 19.3 Å². The predicted octanol–water partition coefficient (Wildman–Crippen LogP) is 3.51. The SMILES string of the molecule is C#CCCOP1SCCCCS1. The van der Waals surface area contributed by atoms with Crippen molar-refractivity contribution in [3.05, 3.63) is 0 Å². The summed E-state index contributed by atoms with van der Waals surface area (Å²) in [7, 11) is 0. The van der Waals surface area contributed by atoms with Crippen molar-refractivity contribution < 1.29 is 4.52 Å². The molecule has 0 atom stereocenters. The Kier molecular flexibility index (Phi) is 6.34. The maximum Gasteiger partial charge on any atom is 0.151 e. The average Bonchev–Trinajstić information content (AvgIpc) is 2.33. The molecule has 0 aromatic carbocycles. The van der Waals surface area contributed by atoms with Crippen LogP contribution in [0.25, 0.3) is 0 Å². The summed E-state index contributed by atoms with van der Waals surface area (Å²) in [4.78, 5) is 0. The van der Waals surface area contributed by atoms with Crippen LogP contribution in [0.5, 0.6) is 0 Å². The van der Waals surface area contributed by atoms with Gasteiger partial charge in [-0.25, -0.2) is 0 Å². The topological polar surface area (TPSA) is 9.23 Å². The quantitative estimate of drug-likeness (QED) is 0.409. The van der Waals surface area contributed by atoms with Crippen molar-refractivity contribution in [1.82, 2.24) is 0 Å². The molecule has 1 aliphatic heterocycles. The molecule has 68 valence electrons. The minimum atomic E-state index is -0.272. The number of rotatable bonds is 3. The Labute approximate surface area is 83.7 Å². The van der Waals surface area contributed by atoms with Gasteiger partial charge in [-0.3, -0.25) is 0 Å². The van der Waals surface area contributed by atoms with E-state index in [9.17, 15) is 0 Å². The second-order valence-corrected chi connectivity index (χ2v) is 8.66. The Balaban J connectivity index is 2.08. The van der Waals surface area contributed by atoms with E-state index >= 15 is 0 Å². The lowest BCUT2D eigenvalue weighted by Crippen LogP contribution is -1.83. The minimum Gasteiger partial charge on any atom is -0.338 e. The molecular weight excluding hydrogens is 207 g/mol. The van der Waals surface area contributed by atoms with Crippen LogP contribution in [0.4, 0.5) is 0 Å². The van der Waals surface area contributed by atoms with Crippen LogP contribution in [0.2, 0.25) is 0 Å². The molecule has 1 aliphatic rings. The summed E-state index contributed by atoms with van der Waals surface area (Å²) in [5.74, 6) is 5.11. The number of terminal acetylenes is 1. The maximum absolute atomic E-state index is 5.65. The molecule has 0 N–H and O–H groups in total. The minimum absolute atomic E-state index is 0.272. The van der Waals surface area contributed by atoms with Gasteiger partial charge in [0.25, 0.3) is 0 Å². The summed E-state index contributed by atoms with van der Waals surface area (Å²) < 4.78 is 5.65. The molecule has 0 radical (unpaired) electrons. The highest BCUT2D eigenvalue weighted by Gasteiger charge is 2.13. The molecular formula is C8H13OPS2. The highest BCUT2D eigenvalue weighted by Crippen LogP contribution is 2.63. The summed E-state index contributed by atoms with van der Waals surface area (Å²) >= 11 is 3.94. The first-order valence-electron chi connectivity index (χ1n) is 4.06. The monoisotopic (exact) mass is 220 g/mol. The summed E-state index contributed by atoms with van der Waals surface area (Å²) in [5.41, 5.74) is 0. The third-order valence-electron chi connectivity index (χ3n) is 1.38. The highest BCUT2D eigenvalue weighted by molar-refractivity contribution is 8.86. The molecule has 0 aromatic rings. The standard InChI is InChI=1S/C8H13OPS2/c1-2-3-6-9-10-11-7-4-5-8-12-10/h1H,3-8H2. The van der Waals surface area contributed by atoms with Crippen molar-refractivity contribution in [2.24, 2.45) is 0 Å². The molecule has 0 amide bonds. The number of hydrogen-bond donors (Lipinski definition) is 0. The van der Waals surface area contributed by atoms with E-state index in [4.69, 9.17) is 10.9 Å². The average molecular weight is 220 g/mol.